The molecule has 0 aliphatic carbocycles. The van der Waals surface area contributed by atoms with Gasteiger partial charge in [0.2, 0.25) is 11.8 Å². The molecule has 0 spiro atoms. The third-order valence-electron chi connectivity index (χ3n) is 4.53. The zero-order chi connectivity index (χ0) is 21.3. The molecule has 0 aliphatic heterocycles. The molecule has 0 saturated carbocycles. The molecule has 2 atom stereocenters. The van der Waals surface area contributed by atoms with Crippen LogP contribution in [0.15, 0.2) is 35.4 Å². The lowest BCUT2D eigenvalue weighted by molar-refractivity contribution is -0.130. The van der Waals surface area contributed by atoms with Crippen molar-refractivity contribution in [3.05, 3.63) is 40.9 Å². The van der Waals surface area contributed by atoms with E-state index in [0.717, 1.165) is 17.5 Å². The fourth-order valence-electron chi connectivity index (χ4n) is 2.53. The van der Waals surface area contributed by atoms with E-state index in [9.17, 15) is 9.59 Å². The molecular weight excluding hydrogens is 394 g/mol. The second-order valence-electron chi connectivity index (χ2n) is 6.71. The summed E-state index contributed by atoms with van der Waals surface area (Å²) in [6.45, 7) is 5.71. The van der Waals surface area contributed by atoms with Gasteiger partial charge in [-0.15, -0.1) is 0 Å². The highest BCUT2D eigenvalue weighted by Gasteiger charge is 2.37. The smallest absolute Gasteiger partial charge is 0.248 e. The van der Waals surface area contributed by atoms with Gasteiger partial charge < -0.3 is 21.7 Å². The number of carbonyl (C=O) groups is 2. The first-order valence-corrected chi connectivity index (χ1v) is 11.1. The van der Waals surface area contributed by atoms with Crippen LogP contribution in [-0.4, -0.2) is 41.9 Å². The van der Waals surface area contributed by atoms with Crippen LogP contribution in [0.2, 0.25) is 0 Å². The normalized spacial score (nSPS) is 14.6. The van der Waals surface area contributed by atoms with Gasteiger partial charge in [-0.1, -0.05) is 37.3 Å². The van der Waals surface area contributed by atoms with Crippen molar-refractivity contribution in [3.8, 4) is 0 Å². The second-order valence-corrected chi connectivity index (χ2v) is 8.82. The molecule has 0 aromatic heterocycles. The standard InChI is InChI=1S/C19H31N5O2S2/c1-6-13(22-4)16(25)23-15(19(2,3)27-5)17(26)24-18(28-21)14(20)12-10-8-7-9-11-12/h7-11,13,15,22H,6,20-21H2,1-5H3,(H,23,25)(H,24,26)/b18-14-/t13-,15?/m0/s1. The summed E-state index contributed by atoms with van der Waals surface area (Å²) < 4.78 is -0.544. The van der Waals surface area contributed by atoms with Crippen LogP contribution in [0.4, 0.5) is 0 Å². The average molecular weight is 426 g/mol. The Bertz CT molecular complexity index is 691. The molecule has 9 heteroatoms. The molecule has 156 valence electrons. The van der Waals surface area contributed by atoms with E-state index < -0.39 is 10.8 Å². The zero-order valence-electron chi connectivity index (χ0n) is 17.0. The van der Waals surface area contributed by atoms with E-state index >= 15 is 0 Å². The van der Waals surface area contributed by atoms with Crippen molar-refractivity contribution >= 4 is 41.2 Å². The van der Waals surface area contributed by atoms with Crippen LogP contribution in [0.25, 0.3) is 5.70 Å². The summed E-state index contributed by atoms with van der Waals surface area (Å²) in [5.41, 5.74) is 7.32. The lowest BCUT2D eigenvalue weighted by atomic mass is 10.0. The van der Waals surface area contributed by atoms with Crippen molar-refractivity contribution in [2.24, 2.45) is 10.9 Å². The van der Waals surface area contributed by atoms with Crippen molar-refractivity contribution in [1.82, 2.24) is 16.0 Å². The number of likely N-dealkylation sites (N-methyl/N-ethyl adjacent to an activating group) is 1. The maximum atomic E-state index is 13.1. The predicted molar refractivity (Wildman–Crippen MR) is 120 cm³/mol. The number of nitrogens with one attached hydrogen (secondary N) is 3. The lowest BCUT2D eigenvalue weighted by Gasteiger charge is -2.33. The van der Waals surface area contributed by atoms with E-state index in [2.05, 4.69) is 16.0 Å². The number of carbonyl (C=O) groups excluding carboxylic acids is 2. The van der Waals surface area contributed by atoms with Crippen molar-refractivity contribution in [2.75, 3.05) is 13.3 Å². The summed E-state index contributed by atoms with van der Waals surface area (Å²) in [6, 6.07) is 8.10. The number of benzene rings is 1. The summed E-state index contributed by atoms with van der Waals surface area (Å²) in [4.78, 5) is 25.6. The lowest BCUT2D eigenvalue weighted by Crippen LogP contribution is -2.59. The van der Waals surface area contributed by atoms with Gasteiger partial charge in [0.05, 0.1) is 11.7 Å². The van der Waals surface area contributed by atoms with Gasteiger partial charge in [-0.25, -0.2) is 0 Å². The Kier molecular flexibility index (Phi) is 9.88. The highest BCUT2D eigenvalue weighted by atomic mass is 32.2. The van der Waals surface area contributed by atoms with Crippen LogP contribution in [0, 0.1) is 0 Å². The first-order chi connectivity index (χ1) is 13.2. The minimum atomic E-state index is -0.775. The third-order valence-corrected chi connectivity index (χ3v) is 6.37. The van der Waals surface area contributed by atoms with Gasteiger partial charge in [-0.05, 0) is 45.5 Å². The van der Waals surface area contributed by atoms with E-state index in [1.54, 1.807) is 7.05 Å². The largest absolute Gasteiger partial charge is 0.396 e. The Morgan fingerprint density at radius 2 is 1.79 bits per heavy atom. The highest BCUT2D eigenvalue weighted by molar-refractivity contribution is 8.01. The summed E-state index contributed by atoms with van der Waals surface area (Å²) in [5.74, 6) is -0.597. The van der Waals surface area contributed by atoms with Gasteiger partial charge in [0.25, 0.3) is 0 Å². The van der Waals surface area contributed by atoms with Gasteiger partial charge in [0, 0.05) is 10.3 Å². The molecule has 0 radical (unpaired) electrons. The van der Waals surface area contributed by atoms with Crippen LogP contribution in [0.5, 0.6) is 0 Å². The van der Waals surface area contributed by atoms with Crippen molar-refractivity contribution < 1.29 is 9.59 Å². The molecule has 1 unspecified atom stereocenters. The van der Waals surface area contributed by atoms with Crippen LogP contribution < -0.4 is 26.8 Å². The Labute approximate surface area is 176 Å². The minimum Gasteiger partial charge on any atom is -0.396 e. The van der Waals surface area contributed by atoms with Gasteiger partial charge >= 0.3 is 0 Å². The Morgan fingerprint density at radius 3 is 2.25 bits per heavy atom. The summed E-state index contributed by atoms with van der Waals surface area (Å²) in [6.07, 6.45) is 2.51. The Hall–Kier alpha value is -1.68. The molecule has 7 nitrogen and oxygen atoms in total. The number of rotatable bonds is 10. The minimum absolute atomic E-state index is 0.228. The maximum Gasteiger partial charge on any atom is 0.248 e. The van der Waals surface area contributed by atoms with Gasteiger partial charge in [0.15, 0.2) is 0 Å². The molecule has 7 N–H and O–H groups in total. The van der Waals surface area contributed by atoms with E-state index in [1.165, 1.54) is 11.8 Å². The average Bonchev–Trinajstić information content (AvgIpc) is 2.70. The number of amides is 2. The van der Waals surface area contributed by atoms with E-state index in [4.69, 9.17) is 10.9 Å². The molecule has 0 fully saturated rings. The van der Waals surface area contributed by atoms with Crippen LogP contribution in [0.3, 0.4) is 0 Å². The van der Waals surface area contributed by atoms with Crippen molar-refractivity contribution in [3.63, 3.8) is 0 Å². The quantitative estimate of drug-likeness (QED) is 0.361. The number of hydrogen-bond donors (Lipinski definition) is 5. The van der Waals surface area contributed by atoms with Crippen LogP contribution in [0.1, 0.15) is 32.8 Å². The fourth-order valence-corrected chi connectivity index (χ4v) is 3.34. The maximum absolute atomic E-state index is 13.1. The van der Waals surface area contributed by atoms with E-state index in [-0.39, 0.29) is 17.9 Å². The number of hydrogen-bond acceptors (Lipinski definition) is 7. The summed E-state index contributed by atoms with van der Waals surface area (Å²) in [5, 5.41) is 14.7. The molecule has 1 rings (SSSR count). The molecule has 0 saturated heterocycles. The number of thioether (sulfide) groups is 1. The van der Waals surface area contributed by atoms with Gasteiger partial charge in [-0.2, -0.15) is 11.8 Å². The fraction of sp³-hybridized carbons (Fsp3) is 0.474. The monoisotopic (exact) mass is 425 g/mol. The number of nitrogens with two attached hydrogens (primary N) is 2. The second kappa shape index (κ2) is 11.4. The summed E-state index contributed by atoms with van der Waals surface area (Å²) >= 11 is 2.35. The van der Waals surface area contributed by atoms with Crippen LogP contribution in [-0.2, 0) is 9.59 Å². The summed E-state index contributed by atoms with van der Waals surface area (Å²) in [7, 11) is 1.72. The molecular formula is C19H31N5O2S2. The highest BCUT2D eigenvalue weighted by Crippen LogP contribution is 2.27. The first kappa shape index (κ1) is 24.4. The third kappa shape index (κ3) is 6.44. The van der Waals surface area contributed by atoms with Crippen molar-refractivity contribution in [1.29, 1.82) is 0 Å². The van der Waals surface area contributed by atoms with Gasteiger partial charge in [0.1, 0.15) is 11.1 Å². The molecule has 1 aromatic carbocycles. The van der Waals surface area contributed by atoms with Crippen molar-refractivity contribution in [2.45, 2.75) is 44.0 Å². The first-order valence-electron chi connectivity index (χ1n) is 8.97. The molecule has 0 aliphatic rings. The molecule has 0 heterocycles. The molecule has 28 heavy (non-hydrogen) atoms. The van der Waals surface area contributed by atoms with Gasteiger partial charge in [-0.3, -0.25) is 14.7 Å². The predicted octanol–water partition coefficient (Wildman–Crippen LogP) is 1.62. The SMILES string of the molecule is CC[C@H](NC)C(=O)NC(C(=O)N/C(SN)=C(/N)c1ccccc1)C(C)(C)SC. The van der Waals surface area contributed by atoms with E-state index in [1.807, 2.05) is 57.4 Å². The topological polar surface area (TPSA) is 122 Å². The van der Waals surface area contributed by atoms with Crippen LogP contribution >= 0.6 is 23.7 Å². The Balaban J connectivity index is 3.13. The zero-order valence-corrected chi connectivity index (χ0v) is 18.7. The molecule has 2 amide bonds. The molecule has 0 bridgehead atoms. The van der Waals surface area contributed by atoms with E-state index in [0.29, 0.717) is 17.1 Å². The molecule has 1 aromatic rings. The Morgan fingerprint density at radius 1 is 1.18 bits per heavy atom.